The van der Waals surface area contributed by atoms with Crippen LogP contribution in [0.3, 0.4) is 0 Å². The molecule has 0 saturated heterocycles. The molecule has 0 aliphatic rings. The van der Waals surface area contributed by atoms with Gasteiger partial charge in [0.25, 0.3) is 0 Å². The van der Waals surface area contributed by atoms with E-state index in [9.17, 15) is 13.6 Å². The van der Waals surface area contributed by atoms with E-state index >= 15 is 0 Å². The number of carbonyl (C=O) groups is 1. The van der Waals surface area contributed by atoms with Gasteiger partial charge in [-0.25, -0.2) is 8.78 Å². The Morgan fingerprint density at radius 3 is 2.75 bits per heavy atom. The van der Waals surface area contributed by atoms with Crippen LogP contribution in [0.5, 0.6) is 0 Å². The fraction of sp³-hybridized carbons (Fsp3) is 0.364. The third-order valence-electron chi connectivity index (χ3n) is 2.12. The van der Waals surface area contributed by atoms with Crippen molar-refractivity contribution in [2.45, 2.75) is 24.3 Å². The standard InChI is InChI=1S/C11H12F2O2S/c1-2-9(11(14)15)16-6-7-4-3-5-8(12)10(7)13/h3-5,9H,2,6H2,1H3,(H,14,15). The van der Waals surface area contributed by atoms with E-state index in [1.807, 2.05) is 0 Å². The van der Waals surface area contributed by atoms with Crippen LogP contribution in [-0.4, -0.2) is 16.3 Å². The van der Waals surface area contributed by atoms with Crippen molar-refractivity contribution in [3.63, 3.8) is 0 Å². The largest absolute Gasteiger partial charge is 0.480 e. The molecule has 5 heteroatoms. The number of aliphatic carboxylic acids is 1. The number of carboxylic acids is 1. The summed E-state index contributed by atoms with van der Waals surface area (Å²) in [5.41, 5.74) is 0.199. The van der Waals surface area contributed by atoms with E-state index in [4.69, 9.17) is 5.11 Å². The highest BCUT2D eigenvalue weighted by molar-refractivity contribution is 7.99. The normalized spacial score (nSPS) is 12.4. The highest BCUT2D eigenvalue weighted by Gasteiger charge is 2.16. The first-order valence-electron chi connectivity index (χ1n) is 4.83. The first-order valence-corrected chi connectivity index (χ1v) is 5.88. The fourth-order valence-corrected chi connectivity index (χ4v) is 2.20. The minimum atomic E-state index is -0.927. The van der Waals surface area contributed by atoms with Crippen LogP contribution >= 0.6 is 11.8 Å². The summed E-state index contributed by atoms with van der Waals surface area (Å²) >= 11 is 1.10. The number of halogens is 2. The molecule has 1 aromatic carbocycles. The lowest BCUT2D eigenvalue weighted by Gasteiger charge is -2.09. The molecular formula is C11H12F2O2S. The molecule has 1 N–H and O–H groups in total. The first kappa shape index (κ1) is 13.0. The van der Waals surface area contributed by atoms with Gasteiger partial charge in [0, 0.05) is 11.3 Å². The average Bonchev–Trinajstić information content (AvgIpc) is 2.24. The molecule has 1 rings (SSSR count). The highest BCUT2D eigenvalue weighted by atomic mass is 32.2. The number of carboxylic acid groups (broad SMARTS) is 1. The summed E-state index contributed by atoms with van der Waals surface area (Å²) in [6, 6.07) is 3.91. The predicted octanol–water partition coefficient (Wildman–Crippen LogP) is 3.06. The molecule has 1 unspecified atom stereocenters. The fourth-order valence-electron chi connectivity index (χ4n) is 1.21. The smallest absolute Gasteiger partial charge is 0.316 e. The monoisotopic (exact) mass is 246 g/mol. The molecule has 1 aromatic rings. The lowest BCUT2D eigenvalue weighted by molar-refractivity contribution is -0.136. The average molecular weight is 246 g/mol. The van der Waals surface area contributed by atoms with E-state index in [0.29, 0.717) is 6.42 Å². The highest BCUT2D eigenvalue weighted by Crippen LogP contribution is 2.23. The van der Waals surface area contributed by atoms with E-state index in [1.165, 1.54) is 12.1 Å². The van der Waals surface area contributed by atoms with Gasteiger partial charge in [0.1, 0.15) is 5.25 Å². The molecule has 0 aliphatic carbocycles. The molecule has 2 nitrogen and oxygen atoms in total. The minimum Gasteiger partial charge on any atom is -0.480 e. The second-order valence-electron chi connectivity index (χ2n) is 3.26. The molecule has 0 aliphatic heterocycles. The topological polar surface area (TPSA) is 37.3 Å². The summed E-state index contributed by atoms with van der Waals surface area (Å²) in [7, 11) is 0. The Morgan fingerprint density at radius 1 is 1.50 bits per heavy atom. The molecule has 0 amide bonds. The van der Waals surface area contributed by atoms with Crippen LogP contribution in [-0.2, 0) is 10.5 Å². The van der Waals surface area contributed by atoms with Gasteiger partial charge in [0.05, 0.1) is 0 Å². The zero-order chi connectivity index (χ0) is 12.1. The molecule has 0 radical (unpaired) electrons. The van der Waals surface area contributed by atoms with Gasteiger partial charge in [-0.2, -0.15) is 0 Å². The van der Waals surface area contributed by atoms with Gasteiger partial charge < -0.3 is 5.11 Å². The van der Waals surface area contributed by atoms with Crippen molar-refractivity contribution < 1.29 is 18.7 Å². The first-order chi connectivity index (χ1) is 7.56. The third-order valence-corrected chi connectivity index (χ3v) is 3.53. The third kappa shape index (κ3) is 3.20. The molecule has 1 atom stereocenters. The Morgan fingerprint density at radius 2 is 2.19 bits per heavy atom. The van der Waals surface area contributed by atoms with Crippen LogP contribution in [0, 0.1) is 11.6 Å². The van der Waals surface area contributed by atoms with Crippen molar-refractivity contribution in [3.8, 4) is 0 Å². The SMILES string of the molecule is CCC(SCc1cccc(F)c1F)C(=O)O. The number of benzene rings is 1. The Bertz CT molecular complexity index is 382. The summed E-state index contributed by atoms with van der Waals surface area (Å²) in [5.74, 6) is -2.56. The van der Waals surface area contributed by atoms with Crippen molar-refractivity contribution in [2.75, 3.05) is 0 Å². The number of thioether (sulfide) groups is 1. The van der Waals surface area contributed by atoms with Crippen molar-refractivity contribution in [3.05, 3.63) is 35.4 Å². The van der Waals surface area contributed by atoms with Gasteiger partial charge in [0.2, 0.25) is 0 Å². The van der Waals surface area contributed by atoms with Crippen molar-refractivity contribution >= 4 is 17.7 Å². The van der Waals surface area contributed by atoms with Crippen LogP contribution in [0.25, 0.3) is 0 Å². The second kappa shape index (κ2) is 5.84. The zero-order valence-electron chi connectivity index (χ0n) is 8.74. The Labute approximate surface area is 96.7 Å². The lowest BCUT2D eigenvalue weighted by atomic mass is 10.2. The van der Waals surface area contributed by atoms with Crippen LogP contribution in [0.1, 0.15) is 18.9 Å². The summed E-state index contributed by atoms with van der Waals surface area (Å²) in [4.78, 5) is 10.7. The number of hydrogen-bond donors (Lipinski definition) is 1. The Hall–Kier alpha value is -1.10. The quantitative estimate of drug-likeness (QED) is 0.867. The Balaban J connectivity index is 2.67. The lowest BCUT2D eigenvalue weighted by Crippen LogP contribution is -2.15. The molecule has 0 aromatic heterocycles. The maximum Gasteiger partial charge on any atom is 0.316 e. The van der Waals surface area contributed by atoms with Gasteiger partial charge in [-0.05, 0) is 12.5 Å². The Kier molecular flexibility index (Phi) is 4.73. The minimum absolute atomic E-state index is 0.161. The molecule has 16 heavy (non-hydrogen) atoms. The molecule has 0 bridgehead atoms. The zero-order valence-corrected chi connectivity index (χ0v) is 9.56. The maximum absolute atomic E-state index is 13.2. The van der Waals surface area contributed by atoms with E-state index in [2.05, 4.69) is 0 Å². The van der Waals surface area contributed by atoms with Gasteiger partial charge >= 0.3 is 5.97 Å². The summed E-state index contributed by atoms with van der Waals surface area (Å²) in [6.07, 6.45) is 0.455. The molecule has 0 heterocycles. The van der Waals surface area contributed by atoms with E-state index in [-0.39, 0.29) is 11.3 Å². The van der Waals surface area contributed by atoms with E-state index in [0.717, 1.165) is 17.8 Å². The van der Waals surface area contributed by atoms with Gasteiger partial charge in [0.15, 0.2) is 11.6 Å². The van der Waals surface area contributed by atoms with E-state index in [1.54, 1.807) is 6.92 Å². The maximum atomic E-state index is 13.2. The van der Waals surface area contributed by atoms with Crippen molar-refractivity contribution in [1.29, 1.82) is 0 Å². The van der Waals surface area contributed by atoms with Gasteiger partial charge in [-0.1, -0.05) is 19.1 Å². The summed E-state index contributed by atoms with van der Waals surface area (Å²) in [6.45, 7) is 1.74. The predicted molar refractivity (Wildman–Crippen MR) is 59.4 cm³/mol. The molecule has 0 spiro atoms. The van der Waals surface area contributed by atoms with Gasteiger partial charge in [-0.3, -0.25) is 4.79 Å². The second-order valence-corrected chi connectivity index (χ2v) is 4.45. The van der Waals surface area contributed by atoms with Crippen LogP contribution < -0.4 is 0 Å². The number of hydrogen-bond acceptors (Lipinski definition) is 2. The van der Waals surface area contributed by atoms with Crippen LogP contribution in [0.15, 0.2) is 18.2 Å². The molecule has 0 saturated carbocycles. The van der Waals surface area contributed by atoms with Crippen molar-refractivity contribution in [1.82, 2.24) is 0 Å². The van der Waals surface area contributed by atoms with Crippen molar-refractivity contribution in [2.24, 2.45) is 0 Å². The molecule has 0 fully saturated rings. The molecular weight excluding hydrogens is 234 g/mol. The van der Waals surface area contributed by atoms with Crippen LogP contribution in [0.4, 0.5) is 8.78 Å². The van der Waals surface area contributed by atoms with Crippen LogP contribution in [0.2, 0.25) is 0 Å². The summed E-state index contributed by atoms with van der Waals surface area (Å²) < 4.78 is 26.1. The summed E-state index contributed by atoms with van der Waals surface area (Å²) in [5, 5.41) is 8.21. The van der Waals surface area contributed by atoms with Gasteiger partial charge in [-0.15, -0.1) is 11.8 Å². The molecule has 88 valence electrons. The van der Waals surface area contributed by atoms with E-state index < -0.39 is 22.9 Å². The number of rotatable bonds is 5.